The Balaban J connectivity index is 0.000000231. The zero-order valence-electron chi connectivity index (χ0n) is 12.9. The number of esters is 1. The van der Waals surface area contributed by atoms with E-state index in [1.165, 1.54) is 0 Å². The van der Waals surface area contributed by atoms with E-state index in [1.54, 1.807) is 30.3 Å². The minimum atomic E-state index is -0.742. The molecule has 0 aromatic heterocycles. The van der Waals surface area contributed by atoms with Crippen molar-refractivity contribution in [2.45, 2.75) is 12.8 Å². The topological polar surface area (TPSA) is 63.6 Å². The Morgan fingerprint density at radius 2 is 1.57 bits per heavy atom. The second-order valence-corrected chi connectivity index (χ2v) is 4.63. The smallest absolute Gasteiger partial charge is 0.338 e. The quantitative estimate of drug-likeness (QED) is 0.652. The highest BCUT2D eigenvalue weighted by Gasteiger charge is 2.03. The predicted octanol–water partition coefficient (Wildman–Crippen LogP) is 3.73. The standard InChI is InChI=1S/C10H10O2.C9H10O2/c1-2-8-12-10(11)9-6-4-3-5-7-9;10-9(11)7-6-8-4-2-1-3-5-8/h2-7H,1,8H2;1-5H,6-7H2,(H,10,11). The van der Waals surface area contributed by atoms with Crippen molar-refractivity contribution in [2.75, 3.05) is 6.61 Å². The van der Waals surface area contributed by atoms with Gasteiger partial charge < -0.3 is 9.84 Å². The van der Waals surface area contributed by atoms with Crippen molar-refractivity contribution in [3.05, 3.63) is 84.4 Å². The second-order valence-electron chi connectivity index (χ2n) is 4.63. The van der Waals surface area contributed by atoms with Gasteiger partial charge in [-0.2, -0.15) is 0 Å². The molecule has 0 amide bonds. The van der Waals surface area contributed by atoms with Gasteiger partial charge in [-0.3, -0.25) is 4.79 Å². The lowest BCUT2D eigenvalue weighted by atomic mass is 10.1. The van der Waals surface area contributed by atoms with Gasteiger partial charge in [-0.1, -0.05) is 61.2 Å². The summed E-state index contributed by atoms with van der Waals surface area (Å²) < 4.78 is 4.82. The number of carbonyl (C=O) groups excluding carboxylic acids is 1. The molecule has 0 atom stereocenters. The molecule has 0 heterocycles. The van der Waals surface area contributed by atoms with Crippen LogP contribution in [0, 0.1) is 0 Å². The molecule has 0 aliphatic rings. The van der Waals surface area contributed by atoms with E-state index in [1.807, 2.05) is 36.4 Å². The van der Waals surface area contributed by atoms with Gasteiger partial charge in [0.1, 0.15) is 6.61 Å². The molecule has 1 N–H and O–H groups in total. The number of hydrogen-bond donors (Lipinski definition) is 1. The van der Waals surface area contributed by atoms with Crippen LogP contribution in [-0.4, -0.2) is 23.7 Å². The van der Waals surface area contributed by atoms with Crippen LogP contribution in [0.15, 0.2) is 73.3 Å². The monoisotopic (exact) mass is 312 g/mol. The normalized spacial score (nSPS) is 9.22. The van der Waals surface area contributed by atoms with Crippen LogP contribution in [0.4, 0.5) is 0 Å². The molecule has 0 fully saturated rings. The van der Waals surface area contributed by atoms with Gasteiger partial charge in [0.15, 0.2) is 0 Å². The summed E-state index contributed by atoms with van der Waals surface area (Å²) in [6.07, 6.45) is 2.38. The summed E-state index contributed by atoms with van der Waals surface area (Å²) in [5.41, 5.74) is 1.65. The Bertz CT molecular complexity index is 606. The maximum absolute atomic E-state index is 11.1. The molecule has 0 saturated carbocycles. The van der Waals surface area contributed by atoms with Crippen LogP contribution in [0.3, 0.4) is 0 Å². The highest BCUT2D eigenvalue weighted by molar-refractivity contribution is 5.89. The van der Waals surface area contributed by atoms with E-state index in [4.69, 9.17) is 9.84 Å². The van der Waals surface area contributed by atoms with Gasteiger partial charge >= 0.3 is 11.9 Å². The van der Waals surface area contributed by atoms with Gasteiger partial charge in [-0.25, -0.2) is 4.79 Å². The molecule has 2 aromatic rings. The molecule has 4 nitrogen and oxygen atoms in total. The molecule has 0 aliphatic heterocycles. The fraction of sp³-hybridized carbons (Fsp3) is 0.158. The van der Waals surface area contributed by atoms with Crippen LogP contribution in [0.25, 0.3) is 0 Å². The van der Waals surface area contributed by atoms with Crippen LogP contribution in [0.5, 0.6) is 0 Å². The molecule has 0 saturated heterocycles. The van der Waals surface area contributed by atoms with E-state index < -0.39 is 5.97 Å². The number of aliphatic carboxylic acids is 1. The summed E-state index contributed by atoms with van der Waals surface area (Å²) >= 11 is 0. The number of rotatable bonds is 6. The maximum atomic E-state index is 11.1. The SMILES string of the molecule is C=CCOC(=O)c1ccccc1.O=C(O)CCc1ccccc1. The van der Waals surface area contributed by atoms with Gasteiger partial charge in [-0.05, 0) is 24.1 Å². The lowest BCUT2D eigenvalue weighted by molar-refractivity contribution is -0.136. The van der Waals surface area contributed by atoms with Crippen molar-refractivity contribution < 1.29 is 19.4 Å². The Labute approximate surface area is 136 Å². The van der Waals surface area contributed by atoms with Crippen molar-refractivity contribution in [1.29, 1.82) is 0 Å². The Kier molecular flexibility index (Phi) is 8.52. The summed E-state index contributed by atoms with van der Waals surface area (Å²) in [4.78, 5) is 21.3. The molecule has 120 valence electrons. The Morgan fingerprint density at radius 1 is 1.00 bits per heavy atom. The number of carbonyl (C=O) groups is 2. The van der Waals surface area contributed by atoms with E-state index in [9.17, 15) is 9.59 Å². The van der Waals surface area contributed by atoms with Crippen molar-refractivity contribution >= 4 is 11.9 Å². The number of ether oxygens (including phenoxy) is 1. The molecule has 0 aliphatic carbocycles. The van der Waals surface area contributed by atoms with Crippen molar-refractivity contribution in [3.63, 3.8) is 0 Å². The van der Waals surface area contributed by atoms with Crippen LogP contribution in [-0.2, 0) is 16.0 Å². The van der Waals surface area contributed by atoms with Crippen LogP contribution in [0.1, 0.15) is 22.3 Å². The predicted molar refractivity (Wildman–Crippen MR) is 89.3 cm³/mol. The molecular weight excluding hydrogens is 292 g/mol. The first-order valence-electron chi connectivity index (χ1n) is 7.22. The molecule has 4 heteroatoms. The number of carboxylic acid groups (broad SMARTS) is 1. The zero-order valence-corrected chi connectivity index (χ0v) is 12.9. The largest absolute Gasteiger partial charge is 0.481 e. The third-order valence-electron chi connectivity index (χ3n) is 2.81. The van der Waals surface area contributed by atoms with Gasteiger partial charge in [0, 0.05) is 6.42 Å². The molecule has 2 rings (SSSR count). The first-order valence-corrected chi connectivity index (χ1v) is 7.22. The van der Waals surface area contributed by atoms with Crippen molar-refractivity contribution in [1.82, 2.24) is 0 Å². The highest BCUT2D eigenvalue weighted by Crippen LogP contribution is 2.01. The van der Waals surface area contributed by atoms with Crippen molar-refractivity contribution in [2.24, 2.45) is 0 Å². The summed E-state index contributed by atoms with van der Waals surface area (Å²) in [5.74, 6) is -1.05. The first kappa shape index (κ1) is 18.2. The van der Waals surface area contributed by atoms with Crippen molar-refractivity contribution in [3.8, 4) is 0 Å². The van der Waals surface area contributed by atoms with E-state index in [2.05, 4.69) is 6.58 Å². The molecule has 0 bridgehead atoms. The van der Waals surface area contributed by atoms with Crippen LogP contribution < -0.4 is 0 Å². The molecular formula is C19H20O4. The highest BCUT2D eigenvalue weighted by atomic mass is 16.5. The Morgan fingerprint density at radius 3 is 2.09 bits per heavy atom. The molecule has 0 radical (unpaired) electrons. The van der Waals surface area contributed by atoms with Gasteiger partial charge in [0.05, 0.1) is 5.56 Å². The molecule has 2 aromatic carbocycles. The number of benzene rings is 2. The molecule has 23 heavy (non-hydrogen) atoms. The van der Waals surface area contributed by atoms with Gasteiger partial charge in [-0.15, -0.1) is 0 Å². The van der Waals surface area contributed by atoms with Crippen LogP contribution >= 0.6 is 0 Å². The first-order chi connectivity index (χ1) is 11.1. The zero-order chi connectivity index (χ0) is 16.9. The number of carboxylic acids is 1. The van der Waals surface area contributed by atoms with E-state index >= 15 is 0 Å². The fourth-order valence-electron chi connectivity index (χ4n) is 1.69. The third kappa shape index (κ3) is 8.21. The average Bonchev–Trinajstić information content (AvgIpc) is 2.60. The number of aryl methyl sites for hydroxylation is 1. The molecule has 0 spiro atoms. The minimum Gasteiger partial charge on any atom is -0.481 e. The van der Waals surface area contributed by atoms with E-state index in [0.29, 0.717) is 12.0 Å². The van der Waals surface area contributed by atoms with E-state index in [-0.39, 0.29) is 19.0 Å². The summed E-state index contributed by atoms with van der Waals surface area (Å²) in [5, 5.41) is 8.37. The van der Waals surface area contributed by atoms with Gasteiger partial charge in [0.2, 0.25) is 0 Å². The fourth-order valence-corrected chi connectivity index (χ4v) is 1.69. The van der Waals surface area contributed by atoms with E-state index in [0.717, 1.165) is 5.56 Å². The summed E-state index contributed by atoms with van der Waals surface area (Å²) in [6, 6.07) is 18.5. The lowest BCUT2D eigenvalue weighted by Crippen LogP contribution is -2.04. The summed E-state index contributed by atoms with van der Waals surface area (Å²) in [7, 11) is 0. The van der Waals surface area contributed by atoms with Crippen LogP contribution in [0.2, 0.25) is 0 Å². The average molecular weight is 312 g/mol. The molecule has 0 unspecified atom stereocenters. The lowest BCUT2D eigenvalue weighted by Gasteiger charge is -1.99. The third-order valence-corrected chi connectivity index (χ3v) is 2.81. The van der Waals surface area contributed by atoms with Gasteiger partial charge in [0.25, 0.3) is 0 Å². The maximum Gasteiger partial charge on any atom is 0.338 e. The minimum absolute atomic E-state index is 0.212. The Hall–Kier alpha value is -2.88. The number of hydrogen-bond acceptors (Lipinski definition) is 3. The second kappa shape index (κ2) is 10.8. The summed E-state index contributed by atoms with van der Waals surface area (Å²) in [6.45, 7) is 3.71.